The van der Waals surface area contributed by atoms with E-state index in [1.54, 1.807) is 36.4 Å². The molecule has 1 aliphatic heterocycles. The first-order valence-electron chi connectivity index (χ1n) is 13.7. The average molecular weight is 583 g/mol. The number of carbonyl (C=O) groups excluding carboxylic acids is 1. The monoisotopic (exact) mass is 582 g/mol. The van der Waals surface area contributed by atoms with Crippen molar-refractivity contribution in [1.82, 2.24) is 14.5 Å². The lowest BCUT2D eigenvalue weighted by Crippen LogP contribution is -2.31. The molecule has 0 radical (unpaired) electrons. The number of nitrogens with zero attached hydrogens (tertiary/aromatic N) is 4. The quantitative estimate of drug-likeness (QED) is 0.183. The van der Waals surface area contributed by atoms with Crippen molar-refractivity contribution in [1.29, 1.82) is 5.26 Å². The van der Waals surface area contributed by atoms with Gasteiger partial charge >= 0.3 is 0 Å². The zero-order valence-corrected chi connectivity index (χ0v) is 23.1. The van der Waals surface area contributed by atoms with Crippen LogP contribution < -0.4 is 4.74 Å². The first-order valence-corrected chi connectivity index (χ1v) is 13.7. The van der Waals surface area contributed by atoms with E-state index in [0.717, 1.165) is 12.5 Å². The fraction of sp³-hybridized carbons (Fsp3) is 0.212. The molecule has 6 rings (SSSR count). The minimum absolute atomic E-state index is 0.0387. The topological polar surface area (TPSA) is 90.0 Å². The number of rotatable bonds is 9. The van der Waals surface area contributed by atoms with Crippen molar-refractivity contribution >= 4 is 16.8 Å². The SMILES string of the molecule is CC(=O)c1ccc2nc(Cc3c(F)cc(-c4cccc(OCc5ccc(C#N)cc5F)n4)cc3F)n(C[C@@H]3CCO3)c2c1. The lowest BCUT2D eigenvalue weighted by atomic mass is 10.0. The summed E-state index contributed by atoms with van der Waals surface area (Å²) in [6.45, 7) is 2.45. The first kappa shape index (κ1) is 28.1. The van der Waals surface area contributed by atoms with E-state index in [9.17, 15) is 9.18 Å². The molecule has 1 saturated heterocycles. The summed E-state index contributed by atoms with van der Waals surface area (Å²) in [7, 11) is 0. The second-order valence-electron chi connectivity index (χ2n) is 10.3. The number of fused-ring (bicyclic) bond motifs is 1. The maximum absolute atomic E-state index is 15.5. The molecule has 43 heavy (non-hydrogen) atoms. The van der Waals surface area contributed by atoms with Gasteiger partial charge in [0, 0.05) is 41.3 Å². The predicted molar refractivity (Wildman–Crippen MR) is 152 cm³/mol. The van der Waals surface area contributed by atoms with Crippen molar-refractivity contribution in [3.8, 4) is 23.2 Å². The molecule has 0 N–H and O–H groups in total. The van der Waals surface area contributed by atoms with E-state index in [4.69, 9.17) is 14.7 Å². The Balaban J connectivity index is 1.26. The highest BCUT2D eigenvalue weighted by atomic mass is 19.1. The van der Waals surface area contributed by atoms with Crippen LogP contribution in [-0.2, 0) is 24.3 Å². The standard InChI is InChI=1S/C33H25F3N4O3/c1-19(41)21-7-8-30-31(14-21)40(17-24-9-10-42-24)32(38-30)15-25-27(35)12-23(13-28(25)36)29-3-2-4-33(39-29)43-18-22-6-5-20(16-37)11-26(22)34/h2-8,11-14,24H,9-10,15,17-18H2,1H3/t24-/m0/s1. The van der Waals surface area contributed by atoms with Gasteiger partial charge in [-0.2, -0.15) is 5.26 Å². The van der Waals surface area contributed by atoms with Crippen LogP contribution in [0.15, 0.2) is 66.7 Å². The summed E-state index contributed by atoms with van der Waals surface area (Å²) >= 11 is 0. The van der Waals surface area contributed by atoms with E-state index >= 15 is 8.78 Å². The number of halogens is 3. The van der Waals surface area contributed by atoms with Gasteiger partial charge in [0.05, 0.1) is 41.0 Å². The highest BCUT2D eigenvalue weighted by Gasteiger charge is 2.24. The molecule has 10 heteroatoms. The number of Topliss-reactive ketones (excluding diaryl/α,β-unsaturated/α-hetero) is 1. The number of carbonyl (C=O) groups is 1. The minimum Gasteiger partial charge on any atom is -0.473 e. The number of hydrogen-bond donors (Lipinski definition) is 0. The van der Waals surface area contributed by atoms with E-state index in [1.165, 1.54) is 31.2 Å². The second kappa shape index (κ2) is 11.7. The largest absolute Gasteiger partial charge is 0.473 e. The molecule has 3 heterocycles. The van der Waals surface area contributed by atoms with E-state index in [1.807, 2.05) is 10.6 Å². The summed E-state index contributed by atoms with van der Waals surface area (Å²) in [4.78, 5) is 21.0. The van der Waals surface area contributed by atoms with Gasteiger partial charge in [0.25, 0.3) is 0 Å². The third-order valence-electron chi connectivity index (χ3n) is 7.47. The summed E-state index contributed by atoms with van der Waals surface area (Å²) < 4.78 is 58.3. The van der Waals surface area contributed by atoms with Crippen LogP contribution in [-0.4, -0.2) is 33.0 Å². The number of pyridine rings is 1. The maximum atomic E-state index is 15.5. The van der Waals surface area contributed by atoms with Crippen LogP contribution >= 0.6 is 0 Å². The zero-order valence-electron chi connectivity index (χ0n) is 23.1. The summed E-state index contributed by atoms with van der Waals surface area (Å²) in [6, 6.07) is 18.3. The number of aromatic nitrogens is 3. The Morgan fingerprint density at radius 3 is 2.51 bits per heavy atom. The van der Waals surface area contributed by atoms with Crippen LogP contribution in [0.2, 0.25) is 0 Å². The van der Waals surface area contributed by atoms with E-state index in [2.05, 4.69) is 9.97 Å². The smallest absolute Gasteiger partial charge is 0.214 e. The Kier molecular flexibility index (Phi) is 7.65. The Morgan fingerprint density at radius 1 is 1.05 bits per heavy atom. The van der Waals surface area contributed by atoms with E-state index < -0.39 is 17.5 Å². The summed E-state index contributed by atoms with van der Waals surface area (Å²) in [5.74, 6) is -1.59. The molecule has 1 fully saturated rings. The van der Waals surface area contributed by atoms with E-state index in [-0.39, 0.29) is 58.7 Å². The molecule has 0 amide bonds. The molecule has 216 valence electrons. The second-order valence-corrected chi connectivity index (χ2v) is 10.3. The number of nitriles is 1. The Hall–Kier alpha value is -5.01. The van der Waals surface area contributed by atoms with Crippen LogP contribution in [0.1, 0.15) is 46.2 Å². The Bertz CT molecular complexity index is 1890. The van der Waals surface area contributed by atoms with Crippen LogP contribution in [0.4, 0.5) is 13.2 Å². The van der Waals surface area contributed by atoms with Gasteiger partial charge in [0.1, 0.15) is 29.9 Å². The van der Waals surface area contributed by atoms with Crippen LogP contribution in [0.25, 0.3) is 22.3 Å². The molecule has 1 aliphatic rings. The maximum Gasteiger partial charge on any atom is 0.214 e. The van der Waals surface area contributed by atoms with Gasteiger partial charge in [0.2, 0.25) is 5.88 Å². The molecule has 1 atom stereocenters. The van der Waals surface area contributed by atoms with Gasteiger partial charge in [0.15, 0.2) is 5.78 Å². The molecule has 0 bridgehead atoms. The van der Waals surface area contributed by atoms with Crippen LogP contribution in [0.5, 0.6) is 5.88 Å². The van der Waals surface area contributed by atoms with Crippen LogP contribution in [0.3, 0.4) is 0 Å². The molecule has 0 aliphatic carbocycles. The molecular weight excluding hydrogens is 557 g/mol. The fourth-order valence-corrected chi connectivity index (χ4v) is 4.98. The van der Waals surface area contributed by atoms with Gasteiger partial charge in [-0.15, -0.1) is 0 Å². The lowest BCUT2D eigenvalue weighted by molar-refractivity contribution is -0.0589. The highest BCUT2D eigenvalue weighted by molar-refractivity contribution is 5.97. The summed E-state index contributed by atoms with van der Waals surface area (Å²) in [6.07, 6.45) is 0.714. The van der Waals surface area contributed by atoms with Gasteiger partial charge in [-0.1, -0.05) is 12.1 Å². The highest BCUT2D eigenvalue weighted by Crippen LogP contribution is 2.29. The molecule has 0 unspecified atom stereocenters. The van der Waals surface area contributed by atoms with Crippen molar-refractivity contribution in [2.45, 2.75) is 39.0 Å². The van der Waals surface area contributed by atoms with Crippen molar-refractivity contribution in [3.63, 3.8) is 0 Å². The lowest BCUT2D eigenvalue weighted by Gasteiger charge is -2.27. The number of imidazole rings is 1. The van der Waals surface area contributed by atoms with Gasteiger partial charge in [-0.05, 0) is 61.9 Å². The van der Waals surface area contributed by atoms with E-state index in [0.29, 0.717) is 35.6 Å². The molecule has 0 spiro atoms. The zero-order chi connectivity index (χ0) is 30.1. The fourth-order valence-electron chi connectivity index (χ4n) is 4.98. The summed E-state index contributed by atoms with van der Waals surface area (Å²) in [5, 5.41) is 8.91. The molecule has 3 aromatic carbocycles. The summed E-state index contributed by atoms with van der Waals surface area (Å²) in [5.41, 5.74) is 2.61. The number of benzene rings is 3. The molecule has 0 saturated carbocycles. The molecular formula is C33H25F3N4O3. The van der Waals surface area contributed by atoms with Gasteiger partial charge < -0.3 is 14.0 Å². The number of hydrogen-bond acceptors (Lipinski definition) is 6. The Morgan fingerprint density at radius 2 is 1.84 bits per heavy atom. The van der Waals surface area contributed by atoms with Crippen molar-refractivity contribution in [3.05, 3.63) is 112 Å². The Labute approximate surface area is 245 Å². The normalized spacial score (nSPS) is 14.3. The van der Waals surface area contributed by atoms with Crippen molar-refractivity contribution < 1.29 is 27.4 Å². The first-order chi connectivity index (χ1) is 20.8. The third kappa shape index (κ3) is 5.85. The third-order valence-corrected chi connectivity index (χ3v) is 7.47. The number of ether oxygens (including phenoxy) is 2. The molecule has 2 aromatic heterocycles. The van der Waals surface area contributed by atoms with Crippen molar-refractivity contribution in [2.75, 3.05) is 6.61 Å². The minimum atomic E-state index is -0.759. The molecule has 7 nitrogen and oxygen atoms in total. The van der Waals surface area contributed by atoms with Gasteiger partial charge in [-0.3, -0.25) is 4.79 Å². The number of ketones is 1. The van der Waals surface area contributed by atoms with Crippen molar-refractivity contribution in [2.24, 2.45) is 0 Å². The molecule has 5 aromatic rings. The van der Waals surface area contributed by atoms with Crippen LogP contribution in [0, 0.1) is 28.8 Å². The average Bonchev–Trinajstić information content (AvgIpc) is 3.32. The van der Waals surface area contributed by atoms with Gasteiger partial charge in [-0.25, -0.2) is 23.1 Å². The predicted octanol–water partition coefficient (Wildman–Crippen LogP) is 6.55.